The van der Waals surface area contributed by atoms with Crippen molar-refractivity contribution in [1.29, 1.82) is 0 Å². The zero-order valence-corrected chi connectivity index (χ0v) is 13.2. The first-order chi connectivity index (χ1) is 9.61. The van der Waals surface area contributed by atoms with Gasteiger partial charge in [0, 0.05) is 10.6 Å². The van der Waals surface area contributed by atoms with Crippen LogP contribution in [0.3, 0.4) is 0 Å². The number of nitrogens with zero attached hydrogens (tertiary/aromatic N) is 3. The van der Waals surface area contributed by atoms with E-state index < -0.39 is 0 Å². The molecule has 1 N–H and O–H groups in total. The minimum absolute atomic E-state index is 0.322. The normalized spacial score (nSPS) is 17.6. The SMILES string of the molecule is COC(=O)C1=C(C)Nc2ncnn2[C@H]1c1ccc(Br)s1. The second-order valence-corrected chi connectivity index (χ2v) is 6.72. The Morgan fingerprint density at radius 2 is 2.35 bits per heavy atom. The molecule has 0 aromatic carbocycles. The van der Waals surface area contributed by atoms with Gasteiger partial charge in [0.05, 0.1) is 16.5 Å². The minimum Gasteiger partial charge on any atom is -0.466 e. The van der Waals surface area contributed by atoms with E-state index >= 15 is 0 Å². The van der Waals surface area contributed by atoms with E-state index in [1.54, 1.807) is 16.0 Å². The number of ether oxygens (including phenoxy) is 1. The zero-order valence-electron chi connectivity index (χ0n) is 10.8. The highest BCUT2D eigenvalue weighted by Gasteiger charge is 2.34. The second-order valence-electron chi connectivity index (χ2n) is 4.23. The molecule has 8 heteroatoms. The number of hydrogen-bond acceptors (Lipinski definition) is 6. The lowest BCUT2D eigenvalue weighted by Gasteiger charge is -2.26. The molecule has 2 aromatic rings. The Hall–Kier alpha value is -1.67. The van der Waals surface area contributed by atoms with Crippen LogP contribution < -0.4 is 5.32 Å². The Morgan fingerprint density at radius 1 is 1.55 bits per heavy atom. The average molecular weight is 355 g/mol. The largest absolute Gasteiger partial charge is 0.466 e. The standard InChI is InChI=1S/C12H11BrN4O2S/c1-6-9(11(18)19-2)10(7-3-4-8(13)20-7)17-12(16-6)14-5-15-17/h3-5,10H,1-2H3,(H,14,15,16)/t10-/m0/s1. The summed E-state index contributed by atoms with van der Waals surface area (Å²) < 4.78 is 7.59. The van der Waals surface area contributed by atoms with E-state index in [9.17, 15) is 4.79 Å². The molecular weight excluding hydrogens is 344 g/mol. The van der Waals surface area contributed by atoms with Crippen molar-refractivity contribution in [1.82, 2.24) is 14.8 Å². The lowest BCUT2D eigenvalue weighted by Crippen LogP contribution is -2.28. The Balaban J connectivity index is 2.18. The van der Waals surface area contributed by atoms with Crippen LogP contribution in [0.2, 0.25) is 0 Å². The Morgan fingerprint density at radius 3 is 3.00 bits per heavy atom. The number of fused-ring (bicyclic) bond motifs is 1. The highest BCUT2D eigenvalue weighted by molar-refractivity contribution is 9.11. The van der Waals surface area contributed by atoms with Crippen molar-refractivity contribution in [3.63, 3.8) is 0 Å². The van der Waals surface area contributed by atoms with E-state index in [4.69, 9.17) is 4.74 Å². The topological polar surface area (TPSA) is 69.0 Å². The number of rotatable bonds is 2. The average Bonchev–Trinajstić information content (AvgIpc) is 3.04. The maximum absolute atomic E-state index is 12.1. The molecule has 0 saturated carbocycles. The lowest BCUT2D eigenvalue weighted by atomic mass is 10.0. The predicted molar refractivity (Wildman–Crippen MR) is 78.5 cm³/mol. The summed E-state index contributed by atoms with van der Waals surface area (Å²) in [6, 6.07) is 3.59. The van der Waals surface area contributed by atoms with Crippen molar-refractivity contribution < 1.29 is 9.53 Å². The third-order valence-corrected chi connectivity index (χ3v) is 4.74. The van der Waals surface area contributed by atoms with Gasteiger partial charge in [0.2, 0.25) is 5.95 Å². The third kappa shape index (κ3) is 2.04. The molecule has 20 heavy (non-hydrogen) atoms. The molecule has 0 radical (unpaired) electrons. The molecule has 2 aromatic heterocycles. The summed E-state index contributed by atoms with van der Waals surface area (Å²) in [7, 11) is 1.38. The molecule has 0 spiro atoms. The highest BCUT2D eigenvalue weighted by atomic mass is 79.9. The van der Waals surface area contributed by atoms with Crippen LogP contribution in [-0.4, -0.2) is 27.8 Å². The van der Waals surface area contributed by atoms with Gasteiger partial charge < -0.3 is 10.1 Å². The highest BCUT2D eigenvalue weighted by Crippen LogP contribution is 2.39. The smallest absolute Gasteiger partial charge is 0.338 e. The number of aromatic nitrogens is 3. The van der Waals surface area contributed by atoms with Crippen molar-refractivity contribution >= 4 is 39.2 Å². The molecule has 0 fully saturated rings. The van der Waals surface area contributed by atoms with Crippen molar-refractivity contribution in [2.45, 2.75) is 13.0 Å². The first-order valence-corrected chi connectivity index (χ1v) is 7.43. The predicted octanol–water partition coefficient (Wildman–Crippen LogP) is 2.56. The van der Waals surface area contributed by atoms with Crippen LogP contribution in [0.5, 0.6) is 0 Å². The molecular formula is C12H11BrN4O2S. The number of allylic oxidation sites excluding steroid dienone is 1. The molecule has 0 bridgehead atoms. The van der Waals surface area contributed by atoms with E-state index in [-0.39, 0.29) is 12.0 Å². The van der Waals surface area contributed by atoms with Crippen LogP contribution in [0.25, 0.3) is 0 Å². The van der Waals surface area contributed by atoms with E-state index in [2.05, 4.69) is 31.3 Å². The first-order valence-electron chi connectivity index (χ1n) is 5.82. The Kier molecular flexibility index (Phi) is 3.35. The maximum Gasteiger partial charge on any atom is 0.338 e. The van der Waals surface area contributed by atoms with Gasteiger partial charge in [0.15, 0.2) is 0 Å². The molecule has 0 aliphatic carbocycles. The number of carbonyl (C=O) groups is 1. The van der Waals surface area contributed by atoms with Crippen molar-refractivity contribution in [3.05, 3.63) is 38.4 Å². The summed E-state index contributed by atoms with van der Waals surface area (Å²) in [5, 5.41) is 7.29. The maximum atomic E-state index is 12.1. The first kappa shape index (κ1) is 13.3. The number of methoxy groups -OCH3 is 1. The van der Waals surface area contributed by atoms with E-state index in [0.717, 1.165) is 14.4 Å². The quantitative estimate of drug-likeness (QED) is 0.839. The van der Waals surface area contributed by atoms with Crippen LogP contribution in [-0.2, 0) is 9.53 Å². The number of esters is 1. The van der Waals surface area contributed by atoms with Gasteiger partial charge in [0.1, 0.15) is 12.4 Å². The summed E-state index contributed by atoms with van der Waals surface area (Å²) in [6.07, 6.45) is 1.46. The van der Waals surface area contributed by atoms with Crippen LogP contribution >= 0.6 is 27.3 Å². The fourth-order valence-electron chi connectivity index (χ4n) is 2.20. The lowest BCUT2D eigenvalue weighted by molar-refractivity contribution is -0.136. The molecule has 104 valence electrons. The van der Waals surface area contributed by atoms with Crippen LogP contribution in [0.15, 0.2) is 33.5 Å². The summed E-state index contributed by atoms with van der Waals surface area (Å²) in [6.45, 7) is 1.83. The third-order valence-electron chi connectivity index (χ3n) is 3.06. The minimum atomic E-state index is -0.370. The molecule has 3 rings (SSSR count). The zero-order chi connectivity index (χ0) is 14.3. The number of hydrogen-bond donors (Lipinski definition) is 1. The van der Waals surface area contributed by atoms with Crippen LogP contribution in [0.1, 0.15) is 17.8 Å². The number of nitrogens with one attached hydrogen (secondary N) is 1. The summed E-state index contributed by atoms with van der Waals surface area (Å²) >= 11 is 5.00. The molecule has 0 amide bonds. The summed E-state index contributed by atoms with van der Waals surface area (Å²) in [5.41, 5.74) is 1.27. The van der Waals surface area contributed by atoms with Crippen molar-refractivity contribution in [3.8, 4) is 0 Å². The van der Waals surface area contributed by atoms with E-state index in [0.29, 0.717) is 11.5 Å². The van der Waals surface area contributed by atoms with E-state index in [1.807, 2.05) is 19.1 Å². The fraction of sp³-hybridized carbons (Fsp3) is 0.250. The van der Waals surface area contributed by atoms with Crippen LogP contribution in [0.4, 0.5) is 5.95 Å². The van der Waals surface area contributed by atoms with Crippen LogP contribution in [0, 0.1) is 0 Å². The Labute approximate surface area is 127 Å². The summed E-state index contributed by atoms with van der Waals surface area (Å²) in [4.78, 5) is 17.3. The number of carbonyl (C=O) groups excluding carboxylic acids is 1. The van der Waals surface area contributed by atoms with Gasteiger partial charge in [0.25, 0.3) is 0 Å². The van der Waals surface area contributed by atoms with Crippen molar-refractivity contribution in [2.75, 3.05) is 12.4 Å². The molecule has 1 atom stereocenters. The monoisotopic (exact) mass is 354 g/mol. The molecule has 6 nitrogen and oxygen atoms in total. The van der Waals surface area contributed by atoms with Gasteiger partial charge in [-0.1, -0.05) is 0 Å². The van der Waals surface area contributed by atoms with Gasteiger partial charge in [-0.3, -0.25) is 0 Å². The number of thiophene rings is 1. The van der Waals surface area contributed by atoms with Gasteiger partial charge in [-0.15, -0.1) is 11.3 Å². The van der Waals surface area contributed by atoms with Gasteiger partial charge in [-0.05, 0) is 35.0 Å². The molecule has 1 aliphatic rings. The molecule has 0 unspecified atom stereocenters. The molecule has 1 aliphatic heterocycles. The Bertz CT molecular complexity index is 706. The van der Waals surface area contributed by atoms with Crippen molar-refractivity contribution in [2.24, 2.45) is 0 Å². The van der Waals surface area contributed by atoms with Gasteiger partial charge >= 0.3 is 5.97 Å². The molecule has 3 heterocycles. The fourth-order valence-corrected chi connectivity index (χ4v) is 3.72. The van der Waals surface area contributed by atoms with Gasteiger partial charge in [-0.25, -0.2) is 9.48 Å². The number of anilines is 1. The second kappa shape index (κ2) is 5.02. The number of halogens is 1. The molecule has 0 saturated heterocycles. The van der Waals surface area contributed by atoms with E-state index in [1.165, 1.54) is 13.4 Å². The van der Waals surface area contributed by atoms with Gasteiger partial charge in [-0.2, -0.15) is 10.1 Å². The summed E-state index contributed by atoms with van der Waals surface area (Å²) in [5.74, 6) is 0.246.